The van der Waals surface area contributed by atoms with Crippen molar-refractivity contribution in [3.05, 3.63) is 75.5 Å². The lowest BCUT2D eigenvalue weighted by atomic mass is 10.0. The van der Waals surface area contributed by atoms with Gasteiger partial charge in [-0.3, -0.25) is 24.6 Å². The quantitative estimate of drug-likeness (QED) is 0.399. The molecule has 1 N–H and O–H groups in total. The summed E-state index contributed by atoms with van der Waals surface area (Å²) in [4.78, 5) is 42.5. The number of nitriles is 1. The molecule has 2 amide bonds. The molecule has 10 nitrogen and oxygen atoms in total. The van der Waals surface area contributed by atoms with Crippen LogP contribution < -0.4 is 4.90 Å². The van der Waals surface area contributed by atoms with Crippen molar-refractivity contribution in [2.24, 2.45) is 0 Å². The van der Waals surface area contributed by atoms with Gasteiger partial charge < -0.3 is 10.0 Å². The predicted molar refractivity (Wildman–Crippen MR) is 119 cm³/mol. The Bertz CT molecular complexity index is 1160. The maximum Gasteiger partial charge on any atom is 0.282 e. The van der Waals surface area contributed by atoms with Gasteiger partial charge in [0, 0.05) is 44.9 Å². The van der Waals surface area contributed by atoms with Crippen molar-refractivity contribution in [3.63, 3.8) is 0 Å². The van der Waals surface area contributed by atoms with Crippen molar-refractivity contribution in [2.75, 3.05) is 44.2 Å². The van der Waals surface area contributed by atoms with Crippen molar-refractivity contribution in [3.8, 4) is 6.07 Å². The van der Waals surface area contributed by atoms with E-state index in [9.17, 15) is 24.8 Å². The summed E-state index contributed by atoms with van der Waals surface area (Å²) in [7, 11) is 0. The molecule has 10 heteroatoms. The Morgan fingerprint density at radius 2 is 1.61 bits per heavy atom. The normalized spacial score (nSPS) is 17.0. The van der Waals surface area contributed by atoms with Crippen LogP contribution in [0, 0.1) is 21.4 Å². The van der Waals surface area contributed by atoms with Crippen molar-refractivity contribution in [2.45, 2.75) is 0 Å². The highest BCUT2D eigenvalue weighted by atomic mass is 16.6. The van der Waals surface area contributed by atoms with Gasteiger partial charge >= 0.3 is 0 Å². The van der Waals surface area contributed by atoms with Gasteiger partial charge in [0.1, 0.15) is 5.70 Å². The van der Waals surface area contributed by atoms with Crippen LogP contribution in [-0.2, 0) is 9.59 Å². The van der Waals surface area contributed by atoms with Crippen LogP contribution in [-0.4, -0.2) is 71.0 Å². The molecule has 4 rings (SSSR count). The fourth-order valence-electron chi connectivity index (χ4n) is 4.08. The van der Waals surface area contributed by atoms with Gasteiger partial charge in [0.2, 0.25) is 0 Å². The standard InChI is InChI=1S/C23H21N5O5/c24-15-16-1-5-18(6-2-16)27-22(30)20(17-3-7-19(8-4-17)28(32)33)21(23(27)31)26-11-9-25(10-12-26)13-14-29/h1-8,29H,9-14H2. The van der Waals surface area contributed by atoms with E-state index < -0.39 is 16.7 Å². The Hall–Kier alpha value is -4.07. The molecular formula is C23H21N5O5. The van der Waals surface area contributed by atoms with Crippen LogP contribution in [0.3, 0.4) is 0 Å². The number of anilines is 1. The average Bonchev–Trinajstić information content (AvgIpc) is 3.09. The monoisotopic (exact) mass is 447 g/mol. The van der Waals surface area contributed by atoms with Gasteiger partial charge in [0.25, 0.3) is 17.5 Å². The zero-order valence-electron chi connectivity index (χ0n) is 17.7. The van der Waals surface area contributed by atoms with Crippen molar-refractivity contribution in [1.82, 2.24) is 9.80 Å². The van der Waals surface area contributed by atoms with Crippen molar-refractivity contribution < 1.29 is 19.6 Å². The highest BCUT2D eigenvalue weighted by Gasteiger charge is 2.43. The number of aliphatic hydroxyl groups is 1. The topological polar surface area (TPSA) is 131 Å². The minimum atomic E-state index is -0.524. The van der Waals surface area contributed by atoms with Crippen LogP contribution in [0.2, 0.25) is 0 Å². The number of piperazine rings is 1. The van der Waals surface area contributed by atoms with Gasteiger partial charge in [0.15, 0.2) is 0 Å². The van der Waals surface area contributed by atoms with E-state index in [1.165, 1.54) is 36.4 Å². The molecule has 2 aliphatic rings. The Morgan fingerprint density at radius 3 is 2.15 bits per heavy atom. The molecule has 0 aromatic heterocycles. The summed E-state index contributed by atoms with van der Waals surface area (Å²) >= 11 is 0. The molecule has 0 radical (unpaired) electrons. The first-order valence-electron chi connectivity index (χ1n) is 10.4. The van der Waals surface area contributed by atoms with E-state index >= 15 is 0 Å². The molecule has 168 valence electrons. The fraction of sp³-hybridized carbons (Fsp3) is 0.261. The minimum Gasteiger partial charge on any atom is -0.395 e. The van der Waals surface area contributed by atoms with E-state index in [2.05, 4.69) is 4.90 Å². The van der Waals surface area contributed by atoms with Crippen LogP contribution in [0.15, 0.2) is 54.2 Å². The Balaban J connectivity index is 1.74. The molecule has 2 heterocycles. The highest BCUT2D eigenvalue weighted by Crippen LogP contribution is 2.35. The third-order valence-corrected chi connectivity index (χ3v) is 5.79. The third kappa shape index (κ3) is 4.19. The lowest BCUT2D eigenvalue weighted by Gasteiger charge is -2.36. The minimum absolute atomic E-state index is 0.0423. The number of nitrogens with zero attached hydrogens (tertiary/aromatic N) is 5. The number of imide groups is 1. The summed E-state index contributed by atoms with van der Waals surface area (Å²) in [6, 6.07) is 13.7. The summed E-state index contributed by atoms with van der Waals surface area (Å²) in [6.07, 6.45) is 0. The second-order valence-electron chi connectivity index (χ2n) is 7.68. The average molecular weight is 447 g/mol. The van der Waals surface area contributed by atoms with Gasteiger partial charge in [-0.05, 0) is 42.0 Å². The lowest BCUT2D eigenvalue weighted by Crippen LogP contribution is -2.48. The molecule has 1 saturated heterocycles. The summed E-state index contributed by atoms with van der Waals surface area (Å²) in [5, 5.41) is 29.3. The molecular weight excluding hydrogens is 426 g/mol. The summed E-state index contributed by atoms with van der Waals surface area (Å²) in [5.41, 5.74) is 1.50. The second-order valence-corrected chi connectivity index (χ2v) is 7.68. The number of carbonyl (C=O) groups excluding carboxylic acids is 2. The molecule has 1 fully saturated rings. The van der Waals surface area contributed by atoms with Gasteiger partial charge in [-0.25, -0.2) is 4.90 Å². The SMILES string of the molecule is N#Cc1ccc(N2C(=O)C(c3ccc([N+](=O)[O-])cc3)=C(N3CCN(CCO)CC3)C2=O)cc1. The number of amides is 2. The van der Waals surface area contributed by atoms with E-state index in [0.717, 1.165) is 4.90 Å². The van der Waals surface area contributed by atoms with Crippen LogP contribution in [0.1, 0.15) is 11.1 Å². The first-order chi connectivity index (χ1) is 15.9. The first-order valence-corrected chi connectivity index (χ1v) is 10.4. The van der Waals surface area contributed by atoms with Gasteiger partial charge in [-0.15, -0.1) is 0 Å². The fourth-order valence-corrected chi connectivity index (χ4v) is 4.08. The van der Waals surface area contributed by atoms with E-state index in [0.29, 0.717) is 49.5 Å². The molecule has 0 bridgehead atoms. The van der Waals surface area contributed by atoms with Crippen LogP contribution in [0.4, 0.5) is 11.4 Å². The molecule has 0 unspecified atom stereocenters. The van der Waals surface area contributed by atoms with E-state index in [1.54, 1.807) is 12.1 Å². The summed E-state index contributed by atoms with van der Waals surface area (Å²) in [6.45, 7) is 2.80. The van der Waals surface area contributed by atoms with Gasteiger partial charge in [-0.1, -0.05) is 0 Å². The van der Waals surface area contributed by atoms with Crippen molar-refractivity contribution >= 4 is 28.8 Å². The molecule has 0 spiro atoms. The molecule has 2 aromatic rings. The van der Waals surface area contributed by atoms with Crippen LogP contribution in [0.5, 0.6) is 0 Å². The van der Waals surface area contributed by atoms with Gasteiger partial charge in [0.05, 0.1) is 34.4 Å². The maximum absolute atomic E-state index is 13.5. The number of hydrogen-bond donors (Lipinski definition) is 1. The van der Waals surface area contributed by atoms with E-state index in [-0.39, 0.29) is 23.6 Å². The molecule has 0 atom stereocenters. The number of rotatable bonds is 6. The second kappa shape index (κ2) is 9.20. The van der Waals surface area contributed by atoms with Gasteiger partial charge in [-0.2, -0.15) is 5.26 Å². The van der Waals surface area contributed by atoms with E-state index in [1.807, 2.05) is 11.0 Å². The molecule has 0 aliphatic carbocycles. The number of β-amino-alcohol motifs (C(OH)–C–C–N with tert-alkyl or cyclic N) is 1. The number of nitro benzene ring substituents is 1. The lowest BCUT2D eigenvalue weighted by molar-refractivity contribution is -0.384. The zero-order chi connectivity index (χ0) is 23.5. The Morgan fingerprint density at radius 1 is 0.970 bits per heavy atom. The number of hydrogen-bond acceptors (Lipinski definition) is 8. The van der Waals surface area contributed by atoms with E-state index in [4.69, 9.17) is 5.26 Å². The number of benzene rings is 2. The number of nitro groups is 1. The smallest absolute Gasteiger partial charge is 0.282 e. The van der Waals surface area contributed by atoms with Crippen molar-refractivity contribution in [1.29, 1.82) is 5.26 Å². The molecule has 33 heavy (non-hydrogen) atoms. The summed E-state index contributed by atoms with van der Waals surface area (Å²) in [5.74, 6) is -1.000. The Kier molecular flexibility index (Phi) is 6.17. The highest BCUT2D eigenvalue weighted by molar-refractivity contribution is 6.45. The third-order valence-electron chi connectivity index (χ3n) is 5.79. The first kappa shape index (κ1) is 22.1. The van der Waals surface area contributed by atoms with Crippen LogP contribution >= 0.6 is 0 Å². The Labute approximate surface area is 189 Å². The number of non-ortho nitro benzene ring substituents is 1. The number of carbonyl (C=O) groups is 2. The van der Waals surface area contributed by atoms with Crippen LogP contribution in [0.25, 0.3) is 5.57 Å². The molecule has 2 aliphatic heterocycles. The predicted octanol–water partition coefficient (Wildman–Crippen LogP) is 1.36. The molecule has 2 aromatic carbocycles. The number of aliphatic hydroxyl groups excluding tert-OH is 1. The summed E-state index contributed by atoms with van der Waals surface area (Å²) < 4.78 is 0. The maximum atomic E-state index is 13.5. The largest absolute Gasteiger partial charge is 0.395 e. The zero-order valence-corrected chi connectivity index (χ0v) is 17.7. The molecule has 0 saturated carbocycles.